The molecule has 0 bridgehead atoms. The van der Waals surface area contributed by atoms with E-state index in [2.05, 4.69) is 46.6 Å². The minimum atomic E-state index is -0.511. The summed E-state index contributed by atoms with van der Waals surface area (Å²) in [5.74, 6) is 0. The zero-order chi connectivity index (χ0) is 34.8. The van der Waals surface area contributed by atoms with E-state index in [1.165, 1.54) is 5.56 Å². The number of nitrogens with one attached hydrogen (secondary N) is 1. The molecule has 0 radical (unpaired) electrons. The van der Waals surface area contributed by atoms with Crippen LogP contribution in [0.3, 0.4) is 0 Å². The molecular formula is C41H48N4O4. The molecule has 0 aromatic heterocycles. The summed E-state index contributed by atoms with van der Waals surface area (Å²) < 4.78 is 17.6. The summed E-state index contributed by atoms with van der Waals surface area (Å²) in [6.07, 6.45) is 2.66. The second-order valence-electron chi connectivity index (χ2n) is 13.7. The summed E-state index contributed by atoms with van der Waals surface area (Å²) >= 11 is 0. The van der Waals surface area contributed by atoms with Crippen LogP contribution >= 0.6 is 0 Å². The molecule has 4 atom stereocenters. The van der Waals surface area contributed by atoms with Crippen LogP contribution in [0.5, 0.6) is 0 Å². The number of amides is 1. The van der Waals surface area contributed by atoms with E-state index in [4.69, 9.17) is 32.3 Å². The molecule has 256 valence electrons. The van der Waals surface area contributed by atoms with Crippen LogP contribution in [0.1, 0.15) is 84.8 Å². The molecule has 8 heteroatoms. The lowest BCUT2D eigenvalue weighted by molar-refractivity contribution is 0.0523. The number of hydrogen-bond donors (Lipinski definition) is 3. The van der Waals surface area contributed by atoms with Crippen molar-refractivity contribution in [2.24, 2.45) is 11.5 Å². The van der Waals surface area contributed by atoms with Gasteiger partial charge in [0.05, 0.1) is 6.57 Å². The molecule has 1 amide bonds. The van der Waals surface area contributed by atoms with Crippen molar-refractivity contribution in [2.75, 3.05) is 13.2 Å². The molecule has 5 N–H and O–H groups in total. The minimum Gasteiger partial charge on any atom is -0.444 e. The molecule has 0 spiro atoms. The topological polar surface area (TPSA) is 113 Å². The zero-order valence-electron chi connectivity index (χ0n) is 28.7. The number of alkyl carbamates (subject to hydrolysis) is 1. The molecule has 4 aromatic carbocycles. The lowest BCUT2D eigenvalue weighted by Crippen LogP contribution is -2.32. The molecule has 2 aliphatic rings. The first-order valence-electron chi connectivity index (χ1n) is 17.0. The Morgan fingerprint density at radius 3 is 1.82 bits per heavy atom. The van der Waals surface area contributed by atoms with Crippen molar-refractivity contribution >= 4 is 11.8 Å². The van der Waals surface area contributed by atoms with Gasteiger partial charge in [-0.25, -0.2) is 9.64 Å². The van der Waals surface area contributed by atoms with E-state index >= 15 is 0 Å². The Kier molecular flexibility index (Phi) is 12.2. The fourth-order valence-electron chi connectivity index (χ4n) is 6.21. The maximum atomic E-state index is 11.9. The standard InChI is InChI=1S/C23H30N2O3.C18H18N2O/c1-23(2,3)28-22(26)25-15-16-9-10-20-18(13-16)14-19(24)11-12-27-21(20)17-7-5-4-6-8-17;1-20-16-7-8-17-14(12-16)11-15(19)9-10-21-18(17)13-5-3-2-4-6-13/h4-10,13,19,21H,11-12,14-15,24H2,1-3H3,(H,25,26);2-8,12,15,18H,9-11,19H2. The van der Waals surface area contributed by atoms with Crippen molar-refractivity contribution in [1.82, 2.24) is 5.32 Å². The van der Waals surface area contributed by atoms with Crippen molar-refractivity contribution in [3.63, 3.8) is 0 Å². The summed E-state index contributed by atoms with van der Waals surface area (Å²) in [5, 5.41) is 2.82. The molecule has 6 rings (SSSR count). The van der Waals surface area contributed by atoms with Gasteiger partial charge in [0.15, 0.2) is 5.69 Å². The normalized spacial score (nSPS) is 20.7. The third kappa shape index (κ3) is 10.2. The van der Waals surface area contributed by atoms with Gasteiger partial charge >= 0.3 is 6.09 Å². The van der Waals surface area contributed by atoms with Gasteiger partial charge in [0.1, 0.15) is 17.8 Å². The highest BCUT2D eigenvalue weighted by Crippen LogP contribution is 2.34. The molecule has 4 unspecified atom stereocenters. The SMILES string of the molecule is CC(C)(C)OC(=O)NCc1ccc2c(c1)CC(N)CCOC2c1ccccc1.[C-]#[N+]c1ccc2c(c1)CC(N)CCOC2c1ccccc1. The highest BCUT2D eigenvalue weighted by atomic mass is 16.6. The number of ether oxygens (including phenoxy) is 3. The molecule has 2 heterocycles. The Labute approximate surface area is 290 Å². The van der Waals surface area contributed by atoms with Gasteiger partial charge in [0.25, 0.3) is 0 Å². The molecule has 0 saturated carbocycles. The monoisotopic (exact) mass is 660 g/mol. The van der Waals surface area contributed by atoms with E-state index in [1.807, 2.05) is 81.4 Å². The summed E-state index contributed by atoms with van der Waals surface area (Å²) in [6.45, 7) is 14.4. The summed E-state index contributed by atoms with van der Waals surface area (Å²) in [6, 6.07) is 32.7. The first-order chi connectivity index (χ1) is 23.6. The van der Waals surface area contributed by atoms with Gasteiger partial charge in [-0.15, -0.1) is 0 Å². The Morgan fingerprint density at radius 2 is 1.31 bits per heavy atom. The molecule has 0 aliphatic carbocycles. The largest absolute Gasteiger partial charge is 0.444 e. The Hall–Kier alpha value is -4.52. The van der Waals surface area contributed by atoms with Crippen LogP contribution < -0.4 is 16.8 Å². The fraction of sp³-hybridized carbons (Fsp3) is 0.366. The van der Waals surface area contributed by atoms with Crippen molar-refractivity contribution in [3.05, 3.63) is 147 Å². The van der Waals surface area contributed by atoms with Gasteiger partial charge < -0.3 is 31.0 Å². The van der Waals surface area contributed by atoms with E-state index in [0.29, 0.717) is 25.4 Å². The van der Waals surface area contributed by atoms with E-state index < -0.39 is 11.7 Å². The first-order valence-corrected chi connectivity index (χ1v) is 17.0. The average molecular weight is 661 g/mol. The van der Waals surface area contributed by atoms with Crippen molar-refractivity contribution < 1.29 is 19.0 Å². The van der Waals surface area contributed by atoms with Crippen LogP contribution in [-0.4, -0.2) is 37.0 Å². The quantitative estimate of drug-likeness (QED) is 0.193. The van der Waals surface area contributed by atoms with Crippen molar-refractivity contribution in [2.45, 2.75) is 82.9 Å². The smallest absolute Gasteiger partial charge is 0.407 e. The minimum absolute atomic E-state index is 0.0598. The van der Waals surface area contributed by atoms with Gasteiger partial charge in [-0.3, -0.25) is 0 Å². The van der Waals surface area contributed by atoms with Crippen LogP contribution in [0.15, 0.2) is 97.1 Å². The predicted molar refractivity (Wildman–Crippen MR) is 193 cm³/mol. The van der Waals surface area contributed by atoms with Crippen LogP contribution in [0.4, 0.5) is 10.5 Å². The predicted octanol–water partition coefficient (Wildman–Crippen LogP) is 7.71. The van der Waals surface area contributed by atoms with Crippen LogP contribution in [-0.2, 0) is 33.6 Å². The average Bonchev–Trinajstić information content (AvgIpc) is 3.07. The van der Waals surface area contributed by atoms with Crippen molar-refractivity contribution in [1.29, 1.82) is 0 Å². The Bertz CT molecular complexity index is 1720. The molecule has 0 fully saturated rings. The number of hydrogen-bond acceptors (Lipinski definition) is 6. The van der Waals surface area contributed by atoms with E-state index in [1.54, 1.807) is 0 Å². The third-order valence-corrected chi connectivity index (χ3v) is 8.58. The second-order valence-corrected chi connectivity index (χ2v) is 13.7. The number of carbonyl (C=O) groups excluding carboxylic acids is 1. The fourth-order valence-corrected chi connectivity index (χ4v) is 6.21. The van der Waals surface area contributed by atoms with Crippen LogP contribution in [0.2, 0.25) is 0 Å². The summed E-state index contributed by atoms with van der Waals surface area (Å²) in [7, 11) is 0. The molecule has 0 saturated heterocycles. The molecular weight excluding hydrogens is 612 g/mol. The first kappa shape index (κ1) is 35.8. The highest BCUT2D eigenvalue weighted by molar-refractivity contribution is 5.67. The Morgan fingerprint density at radius 1 is 0.796 bits per heavy atom. The molecule has 2 aliphatic heterocycles. The highest BCUT2D eigenvalue weighted by Gasteiger charge is 2.24. The lowest BCUT2D eigenvalue weighted by Gasteiger charge is -2.27. The van der Waals surface area contributed by atoms with Gasteiger partial charge in [0.2, 0.25) is 0 Å². The number of fused-ring (bicyclic) bond motifs is 2. The zero-order valence-corrected chi connectivity index (χ0v) is 28.7. The van der Waals surface area contributed by atoms with Crippen LogP contribution in [0.25, 0.3) is 4.85 Å². The maximum Gasteiger partial charge on any atom is 0.407 e. The number of rotatable bonds is 4. The summed E-state index contributed by atoms with van der Waals surface area (Å²) in [4.78, 5) is 15.5. The number of nitrogens with two attached hydrogens (primary N) is 2. The van der Waals surface area contributed by atoms with E-state index in [9.17, 15) is 4.79 Å². The van der Waals surface area contributed by atoms with Gasteiger partial charge in [-0.1, -0.05) is 103 Å². The van der Waals surface area contributed by atoms with Gasteiger partial charge in [-0.2, -0.15) is 0 Å². The van der Waals surface area contributed by atoms with E-state index in [-0.39, 0.29) is 24.3 Å². The van der Waals surface area contributed by atoms with Gasteiger partial charge in [0, 0.05) is 31.8 Å². The molecule has 4 aromatic rings. The molecule has 8 nitrogen and oxygen atoms in total. The molecule has 49 heavy (non-hydrogen) atoms. The number of benzene rings is 4. The van der Waals surface area contributed by atoms with Crippen LogP contribution in [0, 0.1) is 6.57 Å². The van der Waals surface area contributed by atoms with Crippen molar-refractivity contribution in [3.8, 4) is 0 Å². The Balaban J connectivity index is 0.000000199. The second kappa shape index (κ2) is 16.7. The van der Waals surface area contributed by atoms with Gasteiger partial charge in [-0.05, 0) is 79.8 Å². The number of carbonyl (C=O) groups is 1. The summed E-state index contributed by atoms with van der Waals surface area (Å²) in [5.41, 5.74) is 20.4. The third-order valence-electron chi connectivity index (χ3n) is 8.58. The number of nitrogens with zero attached hydrogens (tertiary/aromatic N) is 1. The van der Waals surface area contributed by atoms with E-state index in [0.717, 1.165) is 59.1 Å². The maximum absolute atomic E-state index is 11.9. The lowest BCUT2D eigenvalue weighted by atomic mass is 9.90.